The molecule has 38 heavy (non-hydrogen) atoms. The topological polar surface area (TPSA) is 67.2 Å². The number of unbranched alkanes of at least 4 members (excludes halogenated alkanes) is 2. The Hall–Kier alpha value is -4.19. The van der Waals surface area contributed by atoms with Crippen LogP contribution < -0.4 is 10.2 Å². The second kappa shape index (κ2) is 13.4. The van der Waals surface area contributed by atoms with Crippen molar-refractivity contribution in [2.75, 3.05) is 11.4 Å². The van der Waals surface area contributed by atoms with E-state index in [1.54, 1.807) is 6.08 Å². The Morgan fingerprint density at radius 2 is 1.58 bits per heavy atom. The van der Waals surface area contributed by atoms with Gasteiger partial charge in [-0.05, 0) is 62.6 Å². The number of imidazole rings is 1. The van der Waals surface area contributed by atoms with Crippen molar-refractivity contribution in [3.63, 3.8) is 0 Å². The van der Waals surface area contributed by atoms with Gasteiger partial charge in [0.05, 0.1) is 11.0 Å². The number of para-hydroxylation sites is 3. The third kappa shape index (κ3) is 7.19. The Morgan fingerprint density at radius 3 is 2.32 bits per heavy atom. The number of hydrogen-bond acceptors (Lipinski definition) is 3. The lowest BCUT2D eigenvalue weighted by Gasteiger charge is -2.27. The Kier molecular flexibility index (Phi) is 9.46. The molecule has 1 heterocycles. The van der Waals surface area contributed by atoms with Gasteiger partial charge in [-0.3, -0.25) is 9.59 Å². The van der Waals surface area contributed by atoms with E-state index in [0.29, 0.717) is 6.54 Å². The van der Waals surface area contributed by atoms with E-state index in [9.17, 15) is 9.59 Å². The zero-order valence-electron chi connectivity index (χ0n) is 22.2. The number of carbonyl (C=O) groups excluding carboxylic acids is 2. The van der Waals surface area contributed by atoms with Gasteiger partial charge in [0.25, 0.3) is 0 Å². The van der Waals surface area contributed by atoms with E-state index >= 15 is 0 Å². The van der Waals surface area contributed by atoms with Gasteiger partial charge < -0.3 is 14.8 Å². The molecule has 0 bridgehead atoms. The molecular formula is C32H36N4O2. The summed E-state index contributed by atoms with van der Waals surface area (Å²) in [6.07, 6.45) is 6.95. The molecule has 4 rings (SSSR count). The summed E-state index contributed by atoms with van der Waals surface area (Å²) in [7, 11) is 0. The summed E-state index contributed by atoms with van der Waals surface area (Å²) < 4.78 is 2.06. The average molecular weight is 509 g/mol. The number of amides is 2. The smallest absolute Gasteiger partial charge is 0.247 e. The van der Waals surface area contributed by atoms with Crippen LogP contribution in [-0.4, -0.2) is 34.0 Å². The quantitative estimate of drug-likeness (QED) is 0.188. The molecule has 1 aromatic heterocycles. The summed E-state index contributed by atoms with van der Waals surface area (Å²) in [5, 5.41) is 2.95. The molecule has 0 fully saturated rings. The van der Waals surface area contributed by atoms with Crippen molar-refractivity contribution in [3.8, 4) is 0 Å². The highest BCUT2D eigenvalue weighted by Crippen LogP contribution is 2.21. The molecule has 0 aliphatic rings. The van der Waals surface area contributed by atoms with Crippen LogP contribution in [0.5, 0.6) is 0 Å². The van der Waals surface area contributed by atoms with E-state index in [4.69, 9.17) is 4.98 Å². The lowest BCUT2D eigenvalue weighted by molar-refractivity contribution is -0.119. The van der Waals surface area contributed by atoms with Gasteiger partial charge in [0, 0.05) is 30.8 Å². The first-order valence-corrected chi connectivity index (χ1v) is 13.3. The number of anilines is 1. The van der Waals surface area contributed by atoms with Crippen LogP contribution in [0.25, 0.3) is 17.1 Å². The highest BCUT2D eigenvalue weighted by molar-refractivity contribution is 5.94. The molecule has 6 nitrogen and oxygen atoms in total. The van der Waals surface area contributed by atoms with Gasteiger partial charge in [-0.1, -0.05) is 67.1 Å². The molecule has 4 aromatic rings. The van der Waals surface area contributed by atoms with Crippen LogP contribution in [0.2, 0.25) is 0 Å². The van der Waals surface area contributed by atoms with Crippen LogP contribution in [0.1, 0.15) is 44.5 Å². The number of nitrogens with one attached hydrogen (secondary N) is 1. The Balaban J connectivity index is 1.33. The number of benzene rings is 3. The van der Waals surface area contributed by atoms with Crippen molar-refractivity contribution in [1.29, 1.82) is 0 Å². The minimum Gasteiger partial charge on any atom is -0.353 e. The molecule has 0 aliphatic carbocycles. The van der Waals surface area contributed by atoms with Crippen LogP contribution in [-0.2, 0) is 22.6 Å². The summed E-state index contributed by atoms with van der Waals surface area (Å²) in [6.45, 7) is 4.95. The van der Waals surface area contributed by atoms with E-state index in [1.807, 2.05) is 110 Å². The molecule has 0 unspecified atom stereocenters. The Morgan fingerprint density at radius 1 is 0.895 bits per heavy atom. The average Bonchev–Trinajstić information content (AvgIpc) is 3.27. The molecule has 0 spiro atoms. The number of aryl methyl sites for hydroxylation is 1. The number of fused-ring (bicyclic) bond motifs is 1. The molecule has 0 saturated carbocycles. The third-order valence-electron chi connectivity index (χ3n) is 6.45. The zero-order valence-corrected chi connectivity index (χ0v) is 22.2. The van der Waals surface area contributed by atoms with Crippen molar-refractivity contribution in [2.24, 2.45) is 0 Å². The Labute approximate surface area is 225 Å². The second-order valence-electron chi connectivity index (χ2n) is 9.64. The second-order valence-corrected chi connectivity index (χ2v) is 9.64. The van der Waals surface area contributed by atoms with Crippen molar-refractivity contribution < 1.29 is 9.59 Å². The molecule has 2 amide bonds. The molecule has 0 atom stereocenters. The van der Waals surface area contributed by atoms with Gasteiger partial charge in [-0.25, -0.2) is 4.98 Å². The minimum absolute atomic E-state index is 0.0425. The van der Waals surface area contributed by atoms with Gasteiger partial charge in [-0.2, -0.15) is 0 Å². The largest absolute Gasteiger partial charge is 0.353 e. The van der Waals surface area contributed by atoms with Crippen molar-refractivity contribution in [1.82, 2.24) is 14.9 Å². The molecule has 0 radical (unpaired) electrons. The van der Waals surface area contributed by atoms with E-state index in [2.05, 4.69) is 9.88 Å². The predicted molar refractivity (Wildman–Crippen MR) is 155 cm³/mol. The van der Waals surface area contributed by atoms with Crippen LogP contribution in [0, 0.1) is 0 Å². The minimum atomic E-state index is -0.0812. The van der Waals surface area contributed by atoms with Gasteiger partial charge in [-0.15, -0.1) is 0 Å². The fraction of sp³-hybridized carbons (Fsp3) is 0.281. The van der Waals surface area contributed by atoms with Crippen molar-refractivity contribution >= 4 is 34.6 Å². The monoisotopic (exact) mass is 508 g/mol. The van der Waals surface area contributed by atoms with Gasteiger partial charge in [0.15, 0.2) is 0 Å². The summed E-state index contributed by atoms with van der Waals surface area (Å²) in [5.41, 5.74) is 3.79. The van der Waals surface area contributed by atoms with Crippen molar-refractivity contribution in [2.45, 2.75) is 52.1 Å². The van der Waals surface area contributed by atoms with Crippen LogP contribution in [0.4, 0.5) is 5.69 Å². The fourth-order valence-electron chi connectivity index (χ4n) is 4.61. The zero-order chi connectivity index (χ0) is 26.7. The molecule has 6 heteroatoms. The molecule has 0 saturated heterocycles. The normalized spacial score (nSPS) is 11.3. The summed E-state index contributed by atoms with van der Waals surface area (Å²) in [4.78, 5) is 32.3. The van der Waals surface area contributed by atoms with Crippen LogP contribution in [0.3, 0.4) is 0 Å². The fourth-order valence-corrected chi connectivity index (χ4v) is 4.61. The highest BCUT2D eigenvalue weighted by atomic mass is 16.2. The highest BCUT2D eigenvalue weighted by Gasteiger charge is 2.21. The SMILES string of the molecule is CC(C)N(C(=O)Cn1c(CCCCCNC(=O)/C=C/c2ccccc2)nc2ccccc21)c1ccccc1. The molecule has 3 aromatic carbocycles. The lowest BCUT2D eigenvalue weighted by atomic mass is 10.2. The molecule has 196 valence electrons. The Bertz CT molecular complexity index is 1360. The summed E-state index contributed by atoms with van der Waals surface area (Å²) >= 11 is 0. The number of carbonyl (C=O) groups is 2. The first kappa shape index (κ1) is 26.9. The summed E-state index contributed by atoms with van der Waals surface area (Å²) in [5.74, 6) is 0.885. The first-order valence-electron chi connectivity index (χ1n) is 13.3. The van der Waals surface area contributed by atoms with E-state index in [-0.39, 0.29) is 24.4 Å². The van der Waals surface area contributed by atoms with Crippen LogP contribution >= 0.6 is 0 Å². The molecule has 0 aliphatic heterocycles. The molecule has 1 N–H and O–H groups in total. The van der Waals surface area contributed by atoms with E-state index in [1.165, 1.54) is 0 Å². The third-order valence-corrected chi connectivity index (χ3v) is 6.45. The predicted octanol–water partition coefficient (Wildman–Crippen LogP) is 6.02. The van der Waals surface area contributed by atoms with Crippen molar-refractivity contribution in [3.05, 3.63) is 102 Å². The maximum Gasteiger partial charge on any atom is 0.247 e. The van der Waals surface area contributed by atoms with Crippen LogP contribution in [0.15, 0.2) is 91.0 Å². The standard InChI is InChI=1S/C32H36N4O2/c1-25(2)36(27-16-8-4-9-17-27)32(38)24-35-29-19-12-11-18-28(29)34-30(35)20-10-5-13-23-33-31(37)22-21-26-14-6-3-7-15-26/h3-4,6-9,11-12,14-19,21-22,25H,5,10,13,20,23-24H2,1-2H3,(H,33,37)/b22-21+. The number of nitrogens with zero attached hydrogens (tertiary/aromatic N) is 3. The van der Waals surface area contributed by atoms with E-state index < -0.39 is 0 Å². The van der Waals surface area contributed by atoms with Gasteiger partial charge in [0.1, 0.15) is 12.4 Å². The van der Waals surface area contributed by atoms with Gasteiger partial charge >= 0.3 is 0 Å². The summed E-state index contributed by atoms with van der Waals surface area (Å²) in [6, 6.07) is 27.6. The lowest BCUT2D eigenvalue weighted by Crippen LogP contribution is -2.39. The molecular weight excluding hydrogens is 472 g/mol. The maximum atomic E-state index is 13.5. The maximum absolute atomic E-state index is 13.5. The van der Waals surface area contributed by atoms with Gasteiger partial charge in [0.2, 0.25) is 11.8 Å². The first-order chi connectivity index (χ1) is 18.5. The van der Waals surface area contributed by atoms with E-state index in [0.717, 1.165) is 53.8 Å². The number of aromatic nitrogens is 2. The number of hydrogen-bond donors (Lipinski definition) is 1. The number of rotatable bonds is 12.